The summed E-state index contributed by atoms with van der Waals surface area (Å²) < 4.78 is 5.11. The smallest absolute Gasteiger partial charge is 0.348 e. The zero-order valence-electron chi connectivity index (χ0n) is 16.1. The van der Waals surface area contributed by atoms with E-state index in [1.807, 2.05) is 0 Å². The van der Waals surface area contributed by atoms with Crippen LogP contribution in [-0.2, 0) is 4.79 Å². The largest absolute Gasteiger partial charge is 0.497 e. The lowest BCUT2D eigenvalue weighted by Crippen LogP contribution is -2.36. The van der Waals surface area contributed by atoms with E-state index < -0.39 is 24.0 Å². The summed E-state index contributed by atoms with van der Waals surface area (Å²) in [4.78, 5) is 36.2. The number of aromatic carboxylic acids is 1. The molecule has 0 aliphatic heterocycles. The van der Waals surface area contributed by atoms with Gasteiger partial charge in [0.05, 0.1) is 12.8 Å². The van der Waals surface area contributed by atoms with Gasteiger partial charge in [-0.15, -0.1) is 11.3 Å². The number of hydrogen-bond donors (Lipinski definition) is 4. The molecule has 0 fully saturated rings. The molecule has 0 saturated heterocycles. The van der Waals surface area contributed by atoms with Crippen molar-refractivity contribution in [3.8, 4) is 16.2 Å². The van der Waals surface area contributed by atoms with Crippen molar-refractivity contribution in [3.05, 3.63) is 70.1 Å². The molecule has 0 bridgehead atoms. The van der Waals surface area contributed by atoms with Crippen LogP contribution in [0.25, 0.3) is 10.4 Å². The van der Waals surface area contributed by atoms with Gasteiger partial charge in [0.25, 0.3) is 0 Å². The number of carboxylic acid groups (broad SMARTS) is 2. The molecule has 0 spiro atoms. The highest BCUT2D eigenvalue weighted by Gasteiger charge is 2.24. The topological polar surface area (TPSA) is 125 Å². The number of ether oxygens (including phenoxy) is 1. The summed E-state index contributed by atoms with van der Waals surface area (Å²) in [5.41, 5.74) is 1.11. The molecule has 0 saturated carbocycles. The van der Waals surface area contributed by atoms with Crippen molar-refractivity contribution in [1.29, 1.82) is 0 Å². The van der Waals surface area contributed by atoms with Gasteiger partial charge in [0.15, 0.2) is 6.04 Å². The second kappa shape index (κ2) is 9.50. The molecule has 3 rings (SSSR count). The number of nitrogens with one attached hydrogen (secondary N) is 2. The number of benzene rings is 2. The van der Waals surface area contributed by atoms with E-state index in [9.17, 15) is 24.6 Å². The highest BCUT2D eigenvalue weighted by Crippen LogP contribution is 2.35. The summed E-state index contributed by atoms with van der Waals surface area (Å²) >= 11 is 6.80. The SMILES string of the molecule is COc1ccc(-c2cc(NC(=O)N[C@H](C(=O)O)c3ccc(Cl)cc3)c(C(=O)O)s2)cc1. The van der Waals surface area contributed by atoms with Crippen LogP contribution < -0.4 is 15.4 Å². The van der Waals surface area contributed by atoms with E-state index in [1.54, 1.807) is 24.3 Å². The van der Waals surface area contributed by atoms with Gasteiger partial charge in [-0.1, -0.05) is 23.7 Å². The predicted molar refractivity (Wildman–Crippen MR) is 117 cm³/mol. The van der Waals surface area contributed by atoms with E-state index in [4.69, 9.17) is 16.3 Å². The molecular formula is C21H17ClN2O6S. The van der Waals surface area contributed by atoms with Crippen LogP contribution in [0.15, 0.2) is 54.6 Å². The van der Waals surface area contributed by atoms with Gasteiger partial charge in [0.1, 0.15) is 10.6 Å². The fourth-order valence-corrected chi connectivity index (χ4v) is 3.86. The van der Waals surface area contributed by atoms with Crippen LogP contribution >= 0.6 is 22.9 Å². The minimum absolute atomic E-state index is 0.0565. The Morgan fingerprint density at radius 3 is 2.23 bits per heavy atom. The van der Waals surface area contributed by atoms with Gasteiger partial charge in [-0.2, -0.15) is 0 Å². The minimum Gasteiger partial charge on any atom is -0.497 e. The second-order valence-electron chi connectivity index (χ2n) is 6.31. The highest BCUT2D eigenvalue weighted by atomic mass is 35.5. The first-order valence-electron chi connectivity index (χ1n) is 8.86. The Morgan fingerprint density at radius 1 is 1.03 bits per heavy atom. The summed E-state index contributed by atoms with van der Waals surface area (Å²) in [6.07, 6.45) is 0. The van der Waals surface area contributed by atoms with E-state index in [0.717, 1.165) is 16.9 Å². The molecule has 0 aliphatic carbocycles. The quantitative estimate of drug-likeness (QED) is 0.404. The van der Waals surface area contributed by atoms with Gasteiger partial charge >= 0.3 is 18.0 Å². The van der Waals surface area contributed by atoms with Crippen LogP contribution in [0.2, 0.25) is 5.02 Å². The normalized spacial score (nSPS) is 11.4. The number of carboxylic acids is 2. The molecule has 3 aromatic rings. The predicted octanol–water partition coefficient (Wildman–Crippen LogP) is 4.72. The van der Waals surface area contributed by atoms with Gasteiger partial charge in [-0.3, -0.25) is 0 Å². The number of methoxy groups -OCH3 is 1. The molecule has 0 unspecified atom stereocenters. The number of carbonyl (C=O) groups excluding carboxylic acids is 1. The third kappa shape index (κ3) is 5.33. The van der Waals surface area contributed by atoms with Crippen molar-refractivity contribution >= 4 is 46.6 Å². The number of urea groups is 1. The first-order valence-corrected chi connectivity index (χ1v) is 10.0. The van der Waals surface area contributed by atoms with Crippen molar-refractivity contribution in [2.45, 2.75) is 6.04 Å². The standard InChI is InChI=1S/C21H17ClN2O6S/c1-30-14-8-4-11(5-9-14)16-10-15(18(31-16)20(27)28)23-21(29)24-17(19(25)26)12-2-6-13(22)7-3-12/h2-10,17H,1H3,(H,25,26)(H,27,28)(H2,23,24,29)/t17-/m0/s1. The molecule has 160 valence electrons. The number of halogens is 1. The molecule has 4 N–H and O–H groups in total. The van der Waals surface area contributed by atoms with E-state index in [1.165, 1.54) is 37.4 Å². The number of carbonyl (C=O) groups is 3. The van der Waals surface area contributed by atoms with Crippen LogP contribution in [-0.4, -0.2) is 35.3 Å². The molecule has 2 aromatic carbocycles. The lowest BCUT2D eigenvalue weighted by atomic mass is 10.1. The fourth-order valence-electron chi connectivity index (χ4n) is 2.77. The fraction of sp³-hybridized carbons (Fsp3) is 0.0952. The summed E-state index contributed by atoms with van der Waals surface area (Å²) in [6, 6.07) is 12.3. The van der Waals surface area contributed by atoms with Crippen molar-refractivity contribution in [2.24, 2.45) is 0 Å². The Balaban J connectivity index is 1.82. The number of amides is 2. The molecule has 1 aromatic heterocycles. The molecule has 1 atom stereocenters. The molecule has 1 heterocycles. The lowest BCUT2D eigenvalue weighted by molar-refractivity contribution is -0.139. The first-order chi connectivity index (χ1) is 14.8. The zero-order valence-corrected chi connectivity index (χ0v) is 17.7. The van der Waals surface area contributed by atoms with E-state index in [-0.39, 0.29) is 10.6 Å². The van der Waals surface area contributed by atoms with E-state index >= 15 is 0 Å². The van der Waals surface area contributed by atoms with Gasteiger partial charge in [0.2, 0.25) is 0 Å². The van der Waals surface area contributed by atoms with Crippen LogP contribution in [0.4, 0.5) is 10.5 Å². The Labute approximate surface area is 186 Å². The minimum atomic E-state index is -1.34. The van der Waals surface area contributed by atoms with E-state index in [0.29, 0.717) is 21.2 Å². The average molecular weight is 461 g/mol. The van der Waals surface area contributed by atoms with Gasteiger partial charge in [-0.25, -0.2) is 14.4 Å². The molecule has 8 nitrogen and oxygen atoms in total. The van der Waals surface area contributed by atoms with Gasteiger partial charge in [-0.05, 0) is 53.6 Å². The summed E-state index contributed by atoms with van der Waals surface area (Å²) in [6.45, 7) is 0. The number of thiophene rings is 1. The summed E-state index contributed by atoms with van der Waals surface area (Å²) in [5, 5.41) is 24.2. The van der Waals surface area contributed by atoms with Crippen molar-refractivity contribution in [3.63, 3.8) is 0 Å². The number of rotatable bonds is 7. The zero-order chi connectivity index (χ0) is 22.5. The van der Waals surface area contributed by atoms with Crippen molar-refractivity contribution in [2.75, 3.05) is 12.4 Å². The van der Waals surface area contributed by atoms with Crippen LogP contribution in [0.1, 0.15) is 21.3 Å². The van der Waals surface area contributed by atoms with Crippen LogP contribution in [0.5, 0.6) is 5.75 Å². The average Bonchev–Trinajstić information content (AvgIpc) is 3.16. The maximum atomic E-state index is 12.5. The number of anilines is 1. The Bertz CT molecular complexity index is 1110. The van der Waals surface area contributed by atoms with E-state index in [2.05, 4.69) is 10.6 Å². The maximum Gasteiger partial charge on any atom is 0.348 e. The van der Waals surface area contributed by atoms with Crippen molar-refractivity contribution in [1.82, 2.24) is 5.32 Å². The molecule has 31 heavy (non-hydrogen) atoms. The third-order valence-corrected chi connectivity index (χ3v) is 5.70. The Hall–Kier alpha value is -3.56. The lowest BCUT2D eigenvalue weighted by Gasteiger charge is -2.15. The molecule has 10 heteroatoms. The molecule has 2 amide bonds. The monoisotopic (exact) mass is 460 g/mol. The summed E-state index contributed by atoms with van der Waals surface area (Å²) in [7, 11) is 1.54. The number of aliphatic carboxylic acids is 1. The van der Waals surface area contributed by atoms with Gasteiger partial charge < -0.3 is 25.6 Å². The second-order valence-corrected chi connectivity index (χ2v) is 7.80. The molecule has 0 radical (unpaired) electrons. The van der Waals surface area contributed by atoms with Crippen LogP contribution in [0, 0.1) is 0 Å². The number of hydrogen-bond acceptors (Lipinski definition) is 5. The molecular weight excluding hydrogens is 444 g/mol. The highest BCUT2D eigenvalue weighted by molar-refractivity contribution is 7.18. The van der Waals surface area contributed by atoms with Crippen LogP contribution in [0.3, 0.4) is 0 Å². The first kappa shape index (κ1) is 22.1. The third-order valence-electron chi connectivity index (χ3n) is 4.27. The Kier molecular flexibility index (Phi) is 6.78. The maximum absolute atomic E-state index is 12.5. The Morgan fingerprint density at radius 2 is 1.68 bits per heavy atom. The van der Waals surface area contributed by atoms with Crippen molar-refractivity contribution < 1.29 is 29.3 Å². The van der Waals surface area contributed by atoms with Gasteiger partial charge in [0, 0.05) is 9.90 Å². The summed E-state index contributed by atoms with van der Waals surface area (Å²) in [5.74, 6) is -1.84. The molecule has 0 aliphatic rings.